The number of benzene rings is 3. The molecule has 0 unspecified atom stereocenters. The second-order valence-corrected chi connectivity index (χ2v) is 13.9. The highest BCUT2D eigenvalue weighted by molar-refractivity contribution is 8.01. The second-order valence-electron chi connectivity index (χ2n) is 12.8. The van der Waals surface area contributed by atoms with Crippen molar-refractivity contribution in [1.29, 1.82) is 0 Å². The minimum Gasteiger partial charge on any atom is -0.483 e. The number of hydrogen-bond acceptors (Lipinski definition) is 9. The van der Waals surface area contributed by atoms with Crippen LogP contribution in [0.3, 0.4) is 0 Å². The number of carbonyl (C=O) groups is 2. The highest BCUT2D eigenvalue weighted by atomic mass is 32.2. The topological polar surface area (TPSA) is 124 Å². The van der Waals surface area contributed by atoms with Crippen molar-refractivity contribution in [3.05, 3.63) is 83.9 Å². The van der Waals surface area contributed by atoms with Gasteiger partial charge >= 0.3 is 0 Å². The molecule has 252 valence electrons. The molecule has 1 aliphatic rings. The smallest absolute Gasteiger partial charge is 0.270 e. The van der Waals surface area contributed by atoms with Crippen LogP contribution in [0.2, 0.25) is 0 Å². The van der Waals surface area contributed by atoms with Gasteiger partial charge in [-0.15, -0.1) is 10.2 Å². The van der Waals surface area contributed by atoms with Gasteiger partial charge in [0.15, 0.2) is 11.9 Å². The van der Waals surface area contributed by atoms with Crippen LogP contribution in [0.1, 0.15) is 72.4 Å². The minimum atomic E-state index is -0.778. The van der Waals surface area contributed by atoms with Crippen molar-refractivity contribution < 1.29 is 19.1 Å². The zero-order valence-corrected chi connectivity index (χ0v) is 29.4. The number of hydrazone groups is 1. The van der Waals surface area contributed by atoms with Crippen LogP contribution >= 0.6 is 11.8 Å². The minimum absolute atomic E-state index is 0.0384. The third kappa shape index (κ3) is 7.54. The molecule has 4 aromatic rings. The molecule has 12 heteroatoms. The average molecular weight is 670 g/mol. The maximum Gasteiger partial charge on any atom is 0.270 e. The van der Waals surface area contributed by atoms with Crippen molar-refractivity contribution in [2.75, 3.05) is 23.5 Å². The van der Waals surface area contributed by atoms with E-state index in [9.17, 15) is 9.59 Å². The Balaban J connectivity index is 1.25. The van der Waals surface area contributed by atoms with E-state index in [-0.39, 0.29) is 35.1 Å². The molecule has 0 saturated carbocycles. The van der Waals surface area contributed by atoms with Crippen LogP contribution in [-0.2, 0) is 25.2 Å². The lowest BCUT2D eigenvalue weighted by molar-refractivity contribution is -0.118. The molecule has 1 aliphatic heterocycles. The summed E-state index contributed by atoms with van der Waals surface area (Å²) in [5.74, 6) is 0.392. The normalized spacial score (nSPS) is 15.0. The van der Waals surface area contributed by atoms with E-state index in [0.717, 1.165) is 35.9 Å². The van der Waals surface area contributed by atoms with Gasteiger partial charge < -0.3 is 14.8 Å². The number of tetrazole rings is 1. The van der Waals surface area contributed by atoms with Gasteiger partial charge in [0.2, 0.25) is 11.1 Å². The van der Waals surface area contributed by atoms with Crippen molar-refractivity contribution in [3.8, 4) is 11.4 Å². The van der Waals surface area contributed by atoms with Gasteiger partial charge in [0, 0.05) is 11.3 Å². The lowest BCUT2D eigenvalue weighted by atomic mass is 9.76. The Kier molecular flexibility index (Phi) is 10.5. The van der Waals surface area contributed by atoms with E-state index in [1.807, 2.05) is 43.3 Å². The summed E-state index contributed by atoms with van der Waals surface area (Å²) in [6.07, 6.45) is 1.95. The van der Waals surface area contributed by atoms with Gasteiger partial charge in [-0.25, -0.2) is 0 Å². The summed E-state index contributed by atoms with van der Waals surface area (Å²) >= 11 is 1.16. The van der Waals surface area contributed by atoms with E-state index in [1.54, 1.807) is 28.9 Å². The standard InChI is InChI=1S/C36H43N7O4S/c1-8-35(4,5)24-16-21-29(28(22-24)36(6,7)9-2)47-23-30(44)37-25-17-19-27(20-18-25)42-33(45)31(32(39-42)46-10-3)48-34-38-40-41-43(34)26-14-12-11-13-15-26/h11-22,31H,8-10,23H2,1-7H3,(H,37,44)/t31-/m0/s1. The number of hydrogen-bond donors (Lipinski definition) is 1. The predicted octanol–water partition coefficient (Wildman–Crippen LogP) is 6.91. The Morgan fingerprint density at radius 3 is 2.27 bits per heavy atom. The Labute approximate surface area is 286 Å². The molecule has 2 heterocycles. The van der Waals surface area contributed by atoms with Crippen molar-refractivity contribution in [1.82, 2.24) is 20.2 Å². The maximum atomic E-state index is 13.6. The number of anilines is 2. The number of amides is 2. The highest BCUT2D eigenvalue weighted by Crippen LogP contribution is 2.38. The third-order valence-corrected chi connectivity index (χ3v) is 9.93. The van der Waals surface area contributed by atoms with Crippen LogP contribution in [-0.4, -0.2) is 56.4 Å². The first-order valence-electron chi connectivity index (χ1n) is 16.2. The molecular formula is C36H43N7O4S. The Morgan fingerprint density at radius 2 is 1.60 bits per heavy atom. The highest BCUT2D eigenvalue weighted by Gasteiger charge is 2.40. The maximum absolute atomic E-state index is 13.6. The Bertz CT molecular complexity index is 1770. The SMILES string of the molecule is CCOC1=NN(c2ccc(NC(=O)COc3ccc(C(C)(C)CC)cc3C(C)(C)CC)cc2)C(=O)[C@H]1Sc1nnnn1-c1ccccc1. The van der Waals surface area contributed by atoms with Gasteiger partial charge in [-0.05, 0) is 89.1 Å². The fourth-order valence-corrected chi connectivity index (χ4v) is 6.02. The fourth-order valence-electron chi connectivity index (χ4n) is 5.07. The van der Waals surface area contributed by atoms with Crippen molar-refractivity contribution in [2.24, 2.45) is 5.10 Å². The van der Waals surface area contributed by atoms with Gasteiger partial charge in [-0.2, -0.15) is 9.69 Å². The number of nitrogens with one attached hydrogen (secondary N) is 1. The molecule has 2 amide bonds. The van der Waals surface area contributed by atoms with Gasteiger partial charge in [-0.1, -0.05) is 83.6 Å². The van der Waals surface area contributed by atoms with Crippen LogP contribution in [0.15, 0.2) is 83.1 Å². The quantitative estimate of drug-likeness (QED) is 0.163. The second kappa shape index (κ2) is 14.6. The van der Waals surface area contributed by atoms with Crippen LogP contribution < -0.4 is 15.1 Å². The molecule has 1 atom stereocenters. The molecule has 11 nitrogen and oxygen atoms in total. The first-order chi connectivity index (χ1) is 23.0. The summed E-state index contributed by atoms with van der Waals surface area (Å²) < 4.78 is 13.4. The number of ether oxygens (including phenoxy) is 2. The number of rotatable bonds is 13. The lowest BCUT2D eigenvalue weighted by Crippen LogP contribution is -2.30. The number of thioether (sulfide) groups is 1. The first-order valence-corrected chi connectivity index (χ1v) is 17.1. The number of nitrogens with zero attached hydrogens (tertiary/aromatic N) is 6. The summed E-state index contributed by atoms with van der Waals surface area (Å²) in [5.41, 5.74) is 4.13. The summed E-state index contributed by atoms with van der Waals surface area (Å²) in [6, 6.07) is 22.6. The number of aromatic nitrogens is 4. The van der Waals surface area contributed by atoms with Crippen LogP contribution in [0.25, 0.3) is 5.69 Å². The van der Waals surface area contributed by atoms with E-state index in [4.69, 9.17) is 9.47 Å². The van der Waals surface area contributed by atoms with E-state index in [0.29, 0.717) is 28.9 Å². The molecule has 1 aromatic heterocycles. The molecule has 1 N–H and O–H groups in total. The van der Waals surface area contributed by atoms with Crippen LogP contribution in [0.5, 0.6) is 5.75 Å². The molecule has 48 heavy (non-hydrogen) atoms. The van der Waals surface area contributed by atoms with Crippen LogP contribution in [0.4, 0.5) is 11.4 Å². The van der Waals surface area contributed by atoms with Crippen LogP contribution in [0, 0.1) is 0 Å². The Morgan fingerprint density at radius 1 is 0.896 bits per heavy atom. The fraction of sp³-hybridized carbons (Fsp3) is 0.389. The van der Waals surface area contributed by atoms with E-state index >= 15 is 0 Å². The van der Waals surface area contributed by atoms with Gasteiger partial charge in [-0.3, -0.25) is 9.59 Å². The van der Waals surface area contributed by atoms with E-state index < -0.39 is 5.25 Å². The van der Waals surface area contributed by atoms with Gasteiger partial charge in [0.05, 0.1) is 18.0 Å². The first kappa shape index (κ1) is 34.6. The largest absolute Gasteiger partial charge is 0.483 e. The summed E-state index contributed by atoms with van der Waals surface area (Å²) in [7, 11) is 0. The van der Waals surface area contributed by atoms with E-state index in [2.05, 4.69) is 79.6 Å². The summed E-state index contributed by atoms with van der Waals surface area (Å²) in [4.78, 5) is 26.6. The van der Waals surface area contributed by atoms with Crippen molar-refractivity contribution in [2.45, 2.75) is 82.5 Å². The molecule has 0 saturated heterocycles. The zero-order valence-electron chi connectivity index (χ0n) is 28.6. The summed E-state index contributed by atoms with van der Waals surface area (Å²) in [6.45, 7) is 15.3. The molecule has 0 fully saturated rings. The predicted molar refractivity (Wildman–Crippen MR) is 189 cm³/mol. The molecule has 5 rings (SSSR count). The zero-order chi connectivity index (χ0) is 34.5. The van der Waals surface area contributed by atoms with Gasteiger partial charge in [0.25, 0.3) is 11.8 Å². The lowest BCUT2D eigenvalue weighted by Gasteiger charge is -2.30. The van der Waals surface area contributed by atoms with Crippen molar-refractivity contribution in [3.63, 3.8) is 0 Å². The van der Waals surface area contributed by atoms with Crippen molar-refractivity contribution >= 4 is 40.8 Å². The third-order valence-electron chi connectivity index (χ3n) is 8.83. The van der Waals surface area contributed by atoms with E-state index in [1.165, 1.54) is 10.6 Å². The average Bonchev–Trinajstić information content (AvgIpc) is 3.69. The molecule has 3 aromatic carbocycles. The molecule has 0 spiro atoms. The monoisotopic (exact) mass is 669 g/mol. The molecule has 0 aliphatic carbocycles. The molecule has 0 radical (unpaired) electrons. The summed E-state index contributed by atoms with van der Waals surface area (Å²) in [5, 5.41) is 20.3. The molecular weight excluding hydrogens is 627 g/mol. The molecule has 0 bridgehead atoms. The number of carbonyl (C=O) groups excluding carboxylic acids is 2. The Hall–Kier alpha value is -4.71. The van der Waals surface area contributed by atoms with Gasteiger partial charge in [0.1, 0.15) is 5.75 Å². The number of para-hydroxylation sites is 1.